The Morgan fingerprint density at radius 3 is 0.800 bits per heavy atom. The minimum Gasteiger partial charge on any atom is -0.462 e. The van der Waals surface area contributed by atoms with Crippen molar-refractivity contribution in [3.63, 3.8) is 0 Å². The second kappa shape index (κ2) is 58.4. The van der Waals surface area contributed by atoms with Gasteiger partial charge in [0, 0.05) is 25.7 Å². The lowest BCUT2D eigenvalue weighted by Crippen LogP contribution is -2.30. The summed E-state index contributed by atoms with van der Waals surface area (Å²) in [6, 6.07) is 0. The lowest BCUT2D eigenvalue weighted by atomic mass is 10.0. The first-order valence-corrected chi connectivity index (χ1v) is 37.5. The Morgan fingerprint density at radius 1 is 0.318 bits per heavy atom. The SMILES string of the molecule is CCCCCCCCCCCCCCCCCCCCCC(=O)O[C@H](COC(=O)CCCCCCCCCC(C)C)COP(=O)(O)OC[C@@H](O)COP(=O)(O)OC[C@@H](COC(=O)CCCCCCCCC)OC(=O)CCCCCCCCC(C)C. The number of hydrogen-bond acceptors (Lipinski definition) is 15. The topological polar surface area (TPSA) is 237 Å². The van der Waals surface area contributed by atoms with Crippen molar-refractivity contribution in [3.05, 3.63) is 0 Å². The molecular weight excluding hydrogens is 1130 g/mol. The van der Waals surface area contributed by atoms with Crippen molar-refractivity contribution in [3.8, 4) is 0 Å². The number of carbonyl (C=O) groups excluding carboxylic acids is 4. The first-order chi connectivity index (χ1) is 40.9. The van der Waals surface area contributed by atoms with E-state index in [9.17, 15) is 43.2 Å². The second-order valence-electron chi connectivity index (χ2n) is 24.8. The average molecular weight is 1260 g/mol. The molecule has 0 aliphatic carbocycles. The molecular formula is C66H128O17P2. The summed E-state index contributed by atoms with van der Waals surface area (Å²) in [5.74, 6) is -0.766. The van der Waals surface area contributed by atoms with E-state index in [1.807, 2.05) is 0 Å². The van der Waals surface area contributed by atoms with Gasteiger partial charge in [-0.25, -0.2) is 9.13 Å². The van der Waals surface area contributed by atoms with Crippen LogP contribution >= 0.6 is 15.6 Å². The van der Waals surface area contributed by atoms with Gasteiger partial charge < -0.3 is 33.8 Å². The van der Waals surface area contributed by atoms with E-state index in [2.05, 4.69) is 41.5 Å². The number of hydrogen-bond donors (Lipinski definition) is 3. The molecule has 0 aromatic rings. The normalized spacial score (nSPS) is 14.2. The van der Waals surface area contributed by atoms with Gasteiger partial charge in [0.05, 0.1) is 26.4 Å². The zero-order valence-electron chi connectivity index (χ0n) is 54.9. The zero-order valence-corrected chi connectivity index (χ0v) is 56.7. The molecule has 0 spiro atoms. The number of aliphatic hydroxyl groups is 1. The van der Waals surface area contributed by atoms with Crippen molar-refractivity contribution in [2.75, 3.05) is 39.6 Å². The van der Waals surface area contributed by atoms with E-state index in [0.717, 1.165) is 109 Å². The zero-order chi connectivity index (χ0) is 62.9. The number of rotatable bonds is 65. The molecule has 85 heavy (non-hydrogen) atoms. The summed E-state index contributed by atoms with van der Waals surface area (Å²) < 4.78 is 67.9. The van der Waals surface area contributed by atoms with E-state index in [1.54, 1.807) is 0 Å². The van der Waals surface area contributed by atoms with Crippen LogP contribution in [-0.4, -0.2) is 96.7 Å². The Labute approximate surface area is 517 Å². The van der Waals surface area contributed by atoms with Crippen molar-refractivity contribution in [2.24, 2.45) is 11.8 Å². The van der Waals surface area contributed by atoms with Crippen molar-refractivity contribution >= 4 is 39.5 Å². The van der Waals surface area contributed by atoms with Crippen molar-refractivity contribution < 1.29 is 80.2 Å². The van der Waals surface area contributed by atoms with E-state index >= 15 is 0 Å². The largest absolute Gasteiger partial charge is 0.472 e. The summed E-state index contributed by atoms with van der Waals surface area (Å²) in [5, 5.41) is 10.5. The minimum absolute atomic E-state index is 0.102. The van der Waals surface area contributed by atoms with Gasteiger partial charge in [0.1, 0.15) is 19.3 Å². The predicted molar refractivity (Wildman–Crippen MR) is 340 cm³/mol. The summed E-state index contributed by atoms with van der Waals surface area (Å²) in [5.41, 5.74) is 0. The number of aliphatic hydroxyl groups excluding tert-OH is 1. The molecule has 0 rings (SSSR count). The summed E-state index contributed by atoms with van der Waals surface area (Å²) >= 11 is 0. The first kappa shape index (κ1) is 83.1. The standard InChI is InChI=1S/C66H128O17P2/c1-7-9-11-13-15-16-17-18-19-20-21-22-23-24-25-26-30-38-44-50-65(70)82-61(55-77-64(69)49-43-37-31-27-29-34-40-46-58(3)4)56-80-84(72,73)78-52-60(67)53-79-85(74,75)81-57-62(54-76-63(68)48-42-36-28-14-12-10-8-2)83-66(71)51-45-39-33-32-35-41-47-59(5)6/h58-62,67H,7-57H2,1-6H3,(H,72,73)(H,74,75)/t60-,61-,62-/m1/s1. The summed E-state index contributed by atoms with van der Waals surface area (Å²) in [6.07, 6.45) is 42.2. The number of phosphoric acid groups is 2. The third-order valence-electron chi connectivity index (χ3n) is 15.2. The van der Waals surface area contributed by atoms with Crippen LogP contribution in [-0.2, 0) is 65.4 Å². The van der Waals surface area contributed by atoms with Gasteiger partial charge in [-0.15, -0.1) is 0 Å². The van der Waals surface area contributed by atoms with Gasteiger partial charge >= 0.3 is 39.5 Å². The molecule has 0 aliphatic heterocycles. The Balaban J connectivity index is 5.14. The highest BCUT2D eigenvalue weighted by molar-refractivity contribution is 7.47. The number of unbranched alkanes of at least 4 members (excludes halogenated alkanes) is 35. The minimum atomic E-state index is -4.95. The van der Waals surface area contributed by atoms with Gasteiger partial charge in [-0.1, -0.05) is 279 Å². The molecule has 0 saturated heterocycles. The van der Waals surface area contributed by atoms with Crippen molar-refractivity contribution in [2.45, 2.75) is 349 Å². The van der Waals surface area contributed by atoms with Crippen LogP contribution < -0.4 is 0 Å². The molecule has 0 fully saturated rings. The lowest BCUT2D eigenvalue weighted by Gasteiger charge is -2.21. The van der Waals surface area contributed by atoms with Crippen LogP contribution in [0, 0.1) is 11.8 Å². The Hall–Kier alpha value is -1.94. The van der Waals surface area contributed by atoms with Crippen molar-refractivity contribution in [1.82, 2.24) is 0 Å². The molecule has 19 heteroatoms. The van der Waals surface area contributed by atoms with Gasteiger partial charge in [0.2, 0.25) is 0 Å². The number of phosphoric ester groups is 2. The van der Waals surface area contributed by atoms with Crippen LogP contribution in [0.5, 0.6) is 0 Å². The van der Waals surface area contributed by atoms with Crippen molar-refractivity contribution in [1.29, 1.82) is 0 Å². The van der Waals surface area contributed by atoms with E-state index in [0.29, 0.717) is 37.5 Å². The fraction of sp³-hybridized carbons (Fsp3) is 0.939. The Morgan fingerprint density at radius 2 is 0.541 bits per heavy atom. The molecule has 5 atom stereocenters. The molecule has 2 unspecified atom stereocenters. The van der Waals surface area contributed by atoms with Gasteiger partial charge in [-0.05, 0) is 37.5 Å². The second-order valence-corrected chi connectivity index (χ2v) is 27.7. The molecule has 0 radical (unpaired) electrons. The summed E-state index contributed by atoms with van der Waals surface area (Å²) in [7, 11) is -9.88. The monoisotopic (exact) mass is 1250 g/mol. The van der Waals surface area contributed by atoms with Crippen LogP contribution in [0.3, 0.4) is 0 Å². The van der Waals surface area contributed by atoms with Gasteiger partial charge in [0.15, 0.2) is 12.2 Å². The van der Waals surface area contributed by atoms with Crippen LogP contribution in [0.2, 0.25) is 0 Å². The van der Waals surface area contributed by atoms with E-state index in [4.69, 9.17) is 37.0 Å². The van der Waals surface area contributed by atoms with Crippen LogP contribution in [0.4, 0.5) is 0 Å². The molecule has 0 saturated carbocycles. The van der Waals surface area contributed by atoms with Gasteiger partial charge in [0.25, 0.3) is 0 Å². The predicted octanol–water partition coefficient (Wildman–Crippen LogP) is 18.4. The highest BCUT2D eigenvalue weighted by Gasteiger charge is 2.30. The molecule has 0 aliphatic rings. The van der Waals surface area contributed by atoms with Crippen LogP contribution in [0.25, 0.3) is 0 Å². The molecule has 0 aromatic heterocycles. The Bertz CT molecular complexity index is 1670. The third-order valence-corrected chi connectivity index (χ3v) is 17.1. The van der Waals surface area contributed by atoms with E-state index in [-0.39, 0.29) is 25.7 Å². The molecule has 0 aromatic carbocycles. The Kier molecular flexibility index (Phi) is 57.1. The van der Waals surface area contributed by atoms with Crippen LogP contribution in [0.1, 0.15) is 330 Å². The number of esters is 4. The number of ether oxygens (including phenoxy) is 4. The highest BCUT2D eigenvalue weighted by atomic mass is 31.2. The van der Waals surface area contributed by atoms with E-state index < -0.39 is 97.5 Å². The van der Waals surface area contributed by atoms with Crippen LogP contribution in [0.15, 0.2) is 0 Å². The highest BCUT2D eigenvalue weighted by Crippen LogP contribution is 2.45. The lowest BCUT2D eigenvalue weighted by molar-refractivity contribution is -0.161. The molecule has 0 heterocycles. The van der Waals surface area contributed by atoms with Gasteiger partial charge in [-0.2, -0.15) is 0 Å². The maximum atomic E-state index is 13.0. The number of carbonyl (C=O) groups is 4. The first-order valence-electron chi connectivity index (χ1n) is 34.5. The van der Waals surface area contributed by atoms with E-state index in [1.165, 1.54) is 128 Å². The van der Waals surface area contributed by atoms with Gasteiger partial charge in [-0.3, -0.25) is 37.3 Å². The average Bonchev–Trinajstić information content (AvgIpc) is 3.55. The quantitative estimate of drug-likeness (QED) is 0.0222. The third kappa shape index (κ3) is 60.7. The fourth-order valence-corrected chi connectivity index (χ4v) is 11.5. The maximum absolute atomic E-state index is 13.0. The smallest absolute Gasteiger partial charge is 0.462 e. The molecule has 3 N–H and O–H groups in total. The molecule has 0 amide bonds. The molecule has 17 nitrogen and oxygen atoms in total. The summed E-state index contributed by atoms with van der Waals surface area (Å²) in [4.78, 5) is 72.1. The molecule has 504 valence electrons. The summed E-state index contributed by atoms with van der Waals surface area (Å²) in [6.45, 7) is 9.32. The fourth-order valence-electron chi connectivity index (χ4n) is 9.88. The maximum Gasteiger partial charge on any atom is 0.472 e. The molecule has 0 bridgehead atoms.